The van der Waals surface area contributed by atoms with E-state index in [4.69, 9.17) is 0 Å². The fraction of sp³-hybridized carbons (Fsp3) is 0.441. The fourth-order valence-corrected chi connectivity index (χ4v) is 19.5. The van der Waals surface area contributed by atoms with Gasteiger partial charge in [0.2, 0.25) is 25.3 Å². The molecule has 0 radical (unpaired) electrons. The van der Waals surface area contributed by atoms with E-state index in [1.54, 1.807) is 140 Å². The first kappa shape index (κ1) is 83.1. The summed E-state index contributed by atoms with van der Waals surface area (Å²) >= 11 is 0. The third-order valence-corrected chi connectivity index (χ3v) is 27.9. The van der Waals surface area contributed by atoms with Crippen molar-refractivity contribution in [2.75, 3.05) is 130 Å². The number of aliphatic hydroxyl groups excluding tert-OH is 4. The third kappa shape index (κ3) is 21.7. The van der Waals surface area contributed by atoms with Crippen LogP contribution in [-0.4, -0.2) is 215 Å². The highest BCUT2D eigenvalue weighted by atomic mass is 32.2. The molecule has 4 N–H and O–H groups in total. The van der Waals surface area contributed by atoms with E-state index < -0.39 is 88.8 Å². The number of aliphatic hydroxyl groups is 4. The summed E-state index contributed by atoms with van der Waals surface area (Å²) in [5.74, 6) is -2.03. The van der Waals surface area contributed by atoms with Crippen molar-refractivity contribution in [1.29, 1.82) is 0 Å². The lowest BCUT2D eigenvalue weighted by atomic mass is 9.88. The van der Waals surface area contributed by atoms with Gasteiger partial charge >= 0.3 is 0 Å². The lowest BCUT2D eigenvalue weighted by Crippen LogP contribution is -2.36. The molecule has 30 heteroatoms. The van der Waals surface area contributed by atoms with Gasteiger partial charge in [0.25, 0.3) is 40.5 Å². The zero-order chi connectivity index (χ0) is 72.8. The molecule has 540 valence electrons. The zero-order valence-corrected chi connectivity index (χ0v) is 62.4. The van der Waals surface area contributed by atoms with E-state index in [2.05, 4.69) is 16.7 Å². The SMILES string of the molecule is COS(=O)(=O)CCN(CCS(=O)(=O)OC)Cc1c(C)c(CN(CCS(=O)(=O)OC)CCS(=O)(=O)OC)c(C)c(C(=O)P(=O)(c2ccccc2)c2ccccc2)c1C.Cc1c(CN(CCO)CCO)c(C)c(C(=O)P(=O)(c2ccccc2)c2ccccc2)c(C)c1CN(CCO)CCO. The highest BCUT2D eigenvalue weighted by Crippen LogP contribution is 2.51. The van der Waals surface area contributed by atoms with E-state index in [0.29, 0.717) is 83.3 Å². The van der Waals surface area contributed by atoms with Crippen LogP contribution in [0.5, 0.6) is 0 Å². The summed E-state index contributed by atoms with van der Waals surface area (Å²) in [5, 5.41) is 40.1. The highest BCUT2D eigenvalue weighted by molar-refractivity contribution is 7.94. The molecule has 0 spiro atoms. The molecule has 0 saturated carbocycles. The average Bonchev–Trinajstić information content (AvgIpc) is 0.748. The molecule has 6 rings (SSSR count). The first-order valence-electron chi connectivity index (χ1n) is 31.5. The molecule has 24 nitrogen and oxygen atoms in total. The number of hydrogen-bond donors (Lipinski definition) is 4. The Bertz CT molecular complexity index is 3890. The van der Waals surface area contributed by atoms with Crippen molar-refractivity contribution in [2.24, 2.45) is 0 Å². The van der Waals surface area contributed by atoms with E-state index in [9.17, 15) is 58.9 Å². The summed E-state index contributed by atoms with van der Waals surface area (Å²) in [5.41, 5.74) is 5.79. The Kier molecular flexibility index (Phi) is 32.2. The van der Waals surface area contributed by atoms with E-state index in [0.717, 1.165) is 56.3 Å². The molecule has 0 aliphatic carbocycles. The Hall–Kier alpha value is -5.56. The number of carbonyl (C=O) groups is 2. The Morgan fingerprint density at radius 1 is 0.327 bits per heavy atom. The number of benzene rings is 6. The summed E-state index contributed by atoms with van der Waals surface area (Å²) in [6.07, 6.45) is 0. The summed E-state index contributed by atoms with van der Waals surface area (Å²) < 4.78 is 148. The van der Waals surface area contributed by atoms with Gasteiger partial charge in [-0.05, 0) is 97.2 Å². The molecule has 0 fully saturated rings. The first-order valence-corrected chi connectivity index (χ1v) is 41.2. The summed E-state index contributed by atoms with van der Waals surface area (Å²) in [4.78, 5) is 36.9. The number of nitrogens with zero attached hydrogens (tertiary/aromatic N) is 4. The van der Waals surface area contributed by atoms with Crippen LogP contribution >= 0.6 is 14.3 Å². The van der Waals surface area contributed by atoms with Crippen molar-refractivity contribution in [3.8, 4) is 0 Å². The average molecular weight is 1480 g/mol. The van der Waals surface area contributed by atoms with Crippen molar-refractivity contribution in [3.63, 3.8) is 0 Å². The van der Waals surface area contributed by atoms with Crippen molar-refractivity contribution in [3.05, 3.63) is 188 Å². The van der Waals surface area contributed by atoms with Crippen LogP contribution in [0.3, 0.4) is 0 Å². The smallest absolute Gasteiger partial charge is 0.268 e. The van der Waals surface area contributed by atoms with Crippen molar-refractivity contribution in [2.45, 2.75) is 67.7 Å². The molecular weight excluding hydrogens is 1380 g/mol. The minimum absolute atomic E-state index is 0.0827. The minimum atomic E-state index is -4.12. The van der Waals surface area contributed by atoms with Crippen molar-refractivity contribution in [1.82, 2.24) is 19.6 Å². The zero-order valence-electron chi connectivity index (χ0n) is 57.3. The number of rotatable bonds is 40. The summed E-state index contributed by atoms with van der Waals surface area (Å²) in [6, 6.07) is 34.3. The van der Waals surface area contributed by atoms with Crippen LogP contribution in [0.2, 0.25) is 0 Å². The Morgan fingerprint density at radius 3 is 0.684 bits per heavy atom. The predicted octanol–water partition coefficient (Wildman–Crippen LogP) is 4.61. The van der Waals surface area contributed by atoms with Gasteiger partial charge in [0.15, 0.2) is 0 Å². The molecule has 0 aliphatic rings. The van der Waals surface area contributed by atoms with Gasteiger partial charge in [-0.3, -0.25) is 45.9 Å². The van der Waals surface area contributed by atoms with E-state index in [1.807, 2.05) is 42.7 Å². The molecular formula is C68H94N4O20P2S4. The maximum absolute atomic E-state index is 15.5. The highest BCUT2D eigenvalue weighted by Gasteiger charge is 2.41. The van der Waals surface area contributed by atoms with Gasteiger partial charge in [0, 0.05) is 111 Å². The second-order valence-corrected chi connectivity index (χ2v) is 36.0. The maximum atomic E-state index is 15.5. The quantitative estimate of drug-likeness (QED) is 0.0301. The maximum Gasteiger partial charge on any atom is 0.268 e. The Labute approximate surface area is 578 Å². The molecule has 6 aromatic rings. The largest absolute Gasteiger partial charge is 0.395 e. The molecule has 0 bridgehead atoms. The molecule has 98 heavy (non-hydrogen) atoms. The summed E-state index contributed by atoms with van der Waals surface area (Å²) in [6.45, 7) is 11.7. The van der Waals surface area contributed by atoms with Crippen LogP contribution in [0.4, 0.5) is 0 Å². The van der Waals surface area contributed by atoms with Gasteiger partial charge < -0.3 is 29.6 Å². The lowest BCUT2D eigenvalue weighted by molar-refractivity contribution is 0.106. The Balaban J connectivity index is 0.000000373. The van der Waals surface area contributed by atoms with Crippen LogP contribution in [0.1, 0.15) is 76.4 Å². The van der Waals surface area contributed by atoms with Gasteiger partial charge in [0.05, 0.1) is 77.9 Å². The summed E-state index contributed by atoms with van der Waals surface area (Å²) in [7, 11) is -19.9. The van der Waals surface area contributed by atoms with Crippen molar-refractivity contribution >= 4 is 87.0 Å². The number of carbonyl (C=O) groups excluding carboxylic acids is 2. The van der Waals surface area contributed by atoms with E-state index in [1.165, 1.54) is 0 Å². The molecule has 0 aliphatic heterocycles. The first-order chi connectivity index (χ1) is 46.3. The normalized spacial score (nSPS) is 12.6. The monoisotopic (exact) mass is 1480 g/mol. The van der Waals surface area contributed by atoms with Gasteiger partial charge in [-0.1, -0.05) is 121 Å². The molecule has 6 aromatic carbocycles. The second kappa shape index (κ2) is 37.9. The van der Waals surface area contributed by atoms with Crippen LogP contribution in [0, 0.1) is 41.5 Å². The number of hydrogen-bond acceptors (Lipinski definition) is 24. The minimum Gasteiger partial charge on any atom is -0.395 e. The van der Waals surface area contributed by atoms with Gasteiger partial charge in [0.1, 0.15) is 0 Å². The fourth-order valence-electron chi connectivity index (χ4n) is 11.7. The topological polar surface area (TPSA) is 336 Å². The van der Waals surface area contributed by atoms with Crippen molar-refractivity contribution < 1.29 is 89.5 Å². The van der Waals surface area contributed by atoms with Gasteiger partial charge in [-0.25, -0.2) is 0 Å². The molecule has 0 unspecified atom stereocenters. The van der Waals surface area contributed by atoms with Crippen LogP contribution in [-0.2, 0) is 92.5 Å². The standard InChI is InChI=1S/C36H51N2O14PS4.C32H43N2O6P/c1-28-33(26-37(18-22-54(41,42)49-4)19-23-55(43,44)50-5)29(2)35(36(39)53(40,31-14-10-8-11-15-31)32-16-12-9-13-17-32)30(3)34(28)27-38(20-24-56(45,46)51-6)21-25-57(47,48)52-7;1-24-29(22-33(14-18-35)15-19-36)25(2)31(26(3)30(24)23-34(16-20-37)17-21-38)32(39)41(40,27-10-6-4-7-11-27)28-12-8-5-9-13-28/h8-17H,18-27H2,1-7H3;4-13,35-38H,14-23H2,1-3H3. The molecule has 0 heterocycles. The van der Waals surface area contributed by atoms with Crippen LogP contribution < -0.4 is 21.2 Å². The van der Waals surface area contributed by atoms with Crippen LogP contribution in [0.25, 0.3) is 0 Å². The second-order valence-electron chi connectivity index (χ2n) is 23.3. The Morgan fingerprint density at radius 2 is 0.510 bits per heavy atom. The third-order valence-electron chi connectivity index (χ3n) is 17.4. The molecule has 0 aromatic heterocycles. The van der Waals surface area contributed by atoms with Gasteiger partial charge in [-0.2, -0.15) is 33.7 Å². The lowest BCUT2D eigenvalue weighted by Gasteiger charge is -2.30. The predicted molar refractivity (Wildman–Crippen MR) is 382 cm³/mol. The van der Waals surface area contributed by atoms with Gasteiger partial charge in [-0.15, -0.1) is 0 Å². The molecule has 0 saturated heterocycles. The van der Waals surface area contributed by atoms with Crippen LogP contribution in [0.15, 0.2) is 121 Å². The van der Waals surface area contributed by atoms with E-state index in [-0.39, 0.29) is 81.9 Å². The van der Waals surface area contributed by atoms with E-state index >= 15 is 13.9 Å². The molecule has 0 atom stereocenters. The molecule has 0 amide bonds.